The van der Waals surface area contributed by atoms with Crippen LogP contribution in [-0.4, -0.2) is 32.4 Å². The molecule has 1 amide bonds. The summed E-state index contributed by atoms with van der Waals surface area (Å²) in [6, 6.07) is 16.2. The highest BCUT2D eigenvalue weighted by atomic mass is 32.2. The van der Waals surface area contributed by atoms with Crippen LogP contribution in [0.5, 0.6) is 0 Å². The van der Waals surface area contributed by atoms with Gasteiger partial charge in [0.05, 0.1) is 16.1 Å². The molecule has 2 aromatic carbocycles. The van der Waals surface area contributed by atoms with Gasteiger partial charge in [-0.1, -0.05) is 37.3 Å². The highest BCUT2D eigenvalue weighted by Crippen LogP contribution is 2.24. The van der Waals surface area contributed by atoms with E-state index in [1.807, 2.05) is 37.3 Å². The van der Waals surface area contributed by atoms with E-state index in [0.717, 1.165) is 17.4 Å². The number of fused-ring (bicyclic) bond motifs is 1. The molecule has 0 aliphatic heterocycles. The monoisotopic (exact) mass is 397 g/mol. The number of nitrogens with one attached hydrogen (secondary N) is 1. The van der Waals surface area contributed by atoms with Crippen LogP contribution in [-0.2, 0) is 21.2 Å². The zero-order valence-electron chi connectivity index (χ0n) is 15.9. The van der Waals surface area contributed by atoms with Gasteiger partial charge in [-0.2, -0.15) is 0 Å². The number of hydrogen-bond acceptors (Lipinski definition) is 4. The van der Waals surface area contributed by atoms with Gasteiger partial charge in [-0.25, -0.2) is 13.1 Å². The first kappa shape index (κ1) is 20.0. The molecule has 0 unspecified atom stereocenters. The number of aromatic nitrogens is 1. The minimum atomic E-state index is -3.63. The third kappa shape index (κ3) is 4.37. The normalized spacial score (nSPS) is 11.5. The van der Waals surface area contributed by atoms with Gasteiger partial charge in [-0.3, -0.25) is 9.78 Å². The largest absolute Gasteiger partial charge is 0.309 e. The molecule has 28 heavy (non-hydrogen) atoms. The molecule has 6 nitrogen and oxygen atoms in total. The fraction of sp³-hybridized carbons (Fsp3) is 0.238. The molecule has 1 heterocycles. The molecular weight excluding hydrogens is 374 g/mol. The Kier molecular flexibility index (Phi) is 6.06. The molecule has 0 aliphatic rings. The van der Waals surface area contributed by atoms with Crippen molar-refractivity contribution in [1.29, 1.82) is 0 Å². The van der Waals surface area contributed by atoms with Gasteiger partial charge >= 0.3 is 0 Å². The predicted octanol–water partition coefficient (Wildman–Crippen LogP) is 3.13. The van der Waals surface area contributed by atoms with E-state index < -0.39 is 10.0 Å². The van der Waals surface area contributed by atoms with Crippen LogP contribution in [0.4, 0.5) is 5.69 Å². The summed E-state index contributed by atoms with van der Waals surface area (Å²) in [7, 11) is -3.63. The lowest BCUT2D eigenvalue weighted by molar-refractivity contribution is -0.116. The van der Waals surface area contributed by atoms with Gasteiger partial charge in [0.2, 0.25) is 15.9 Å². The molecule has 0 fully saturated rings. The topological polar surface area (TPSA) is 79.4 Å². The lowest BCUT2D eigenvalue weighted by Crippen LogP contribution is -2.37. The number of pyridine rings is 1. The highest BCUT2D eigenvalue weighted by molar-refractivity contribution is 7.89. The van der Waals surface area contributed by atoms with Crippen LogP contribution in [0.15, 0.2) is 65.7 Å². The third-order valence-corrected chi connectivity index (χ3v) is 6.03. The number of anilines is 1. The van der Waals surface area contributed by atoms with Crippen molar-refractivity contribution in [3.63, 3.8) is 0 Å². The van der Waals surface area contributed by atoms with Crippen molar-refractivity contribution in [2.24, 2.45) is 0 Å². The molecule has 0 saturated heterocycles. The van der Waals surface area contributed by atoms with Crippen molar-refractivity contribution >= 4 is 32.5 Å². The van der Waals surface area contributed by atoms with Crippen molar-refractivity contribution in [1.82, 2.24) is 9.71 Å². The van der Waals surface area contributed by atoms with E-state index in [-0.39, 0.29) is 23.9 Å². The maximum absolute atomic E-state index is 12.5. The maximum atomic E-state index is 12.5. The minimum absolute atomic E-state index is 0.0979. The lowest BCUT2D eigenvalue weighted by Gasteiger charge is -2.22. The molecule has 0 radical (unpaired) electrons. The van der Waals surface area contributed by atoms with Crippen LogP contribution in [0.1, 0.15) is 19.4 Å². The Morgan fingerprint density at radius 1 is 1.07 bits per heavy atom. The highest BCUT2D eigenvalue weighted by Gasteiger charge is 2.18. The molecule has 1 aromatic heterocycles. The van der Waals surface area contributed by atoms with Gasteiger partial charge in [-0.15, -0.1) is 0 Å². The first-order chi connectivity index (χ1) is 13.4. The summed E-state index contributed by atoms with van der Waals surface area (Å²) >= 11 is 0. The van der Waals surface area contributed by atoms with Crippen LogP contribution in [0.2, 0.25) is 0 Å². The maximum Gasteiger partial charge on any atom is 0.240 e. The Balaban J connectivity index is 1.76. The minimum Gasteiger partial charge on any atom is -0.309 e. The van der Waals surface area contributed by atoms with Crippen LogP contribution in [0.3, 0.4) is 0 Å². The Hall–Kier alpha value is -2.77. The predicted molar refractivity (Wildman–Crippen MR) is 111 cm³/mol. The number of hydrogen-bond donors (Lipinski definition) is 1. The molecule has 3 rings (SSSR count). The van der Waals surface area contributed by atoms with Crippen LogP contribution in [0, 0.1) is 0 Å². The number of sulfonamides is 1. The number of nitrogens with zero attached hydrogens (tertiary/aromatic N) is 2. The van der Waals surface area contributed by atoms with Gasteiger partial charge in [-0.05, 0) is 36.2 Å². The van der Waals surface area contributed by atoms with Crippen molar-refractivity contribution in [2.45, 2.75) is 25.2 Å². The Morgan fingerprint density at radius 3 is 2.46 bits per heavy atom. The molecule has 3 aromatic rings. The summed E-state index contributed by atoms with van der Waals surface area (Å²) in [4.78, 5) is 18.3. The Morgan fingerprint density at radius 2 is 1.79 bits per heavy atom. The summed E-state index contributed by atoms with van der Waals surface area (Å²) in [5.74, 6) is -0.176. The molecule has 0 bridgehead atoms. The van der Waals surface area contributed by atoms with Gasteiger partial charge < -0.3 is 4.90 Å². The molecule has 146 valence electrons. The van der Waals surface area contributed by atoms with E-state index in [1.54, 1.807) is 30.5 Å². The summed E-state index contributed by atoms with van der Waals surface area (Å²) in [6.45, 7) is 3.78. The summed E-state index contributed by atoms with van der Waals surface area (Å²) in [5.41, 5.74) is 2.44. The van der Waals surface area contributed by atoms with Crippen molar-refractivity contribution < 1.29 is 13.2 Å². The molecule has 0 spiro atoms. The first-order valence-electron chi connectivity index (χ1n) is 9.13. The number of carbonyl (C=O) groups excluding carboxylic acids is 1. The number of amides is 1. The van der Waals surface area contributed by atoms with Crippen LogP contribution < -0.4 is 9.62 Å². The second-order valence-electron chi connectivity index (χ2n) is 6.42. The molecule has 0 saturated carbocycles. The standard InChI is InChI=1S/C21H23N3O3S/c1-3-17-9-11-19(12-10-17)28(26,27)23-14-15-24(16(2)25)20-8-4-6-18-7-5-13-22-21(18)20/h4-13,23H,3,14-15H2,1-2H3. The van der Waals surface area contributed by atoms with E-state index in [0.29, 0.717) is 11.2 Å². The first-order valence-corrected chi connectivity index (χ1v) is 10.6. The van der Waals surface area contributed by atoms with Crippen molar-refractivity contribution in [3.8, 4) is 0 Å². The zero-order chi connectivity index (χ0) is 20.1. The van der Waals surface area contributed by atoms with Gasteiger partial charge in [0, 0.05) is 31.6 Å². The number of aryl methyl sites for hydroxylation is 1. The summed E-state index contributed by atoms with van der Waals surface area (Å²) in [6.07, 6.45) is 2.52. The van der Waals surface area contributed by atoms with Gasteiger partial charge in [0.25, 0.3) is 0 Å². The van der Waals surface area contributed by atoms with E-state index >= 15 is 0 Å². The number of carbonyl (C=O) groups is 1. The van der Waals surface area contributed by atoms with Crippen molar-refractivity contribution in [2.75, 3.05) is 18.0 Å². The second-order valence-corrected chi connectivity index (χ2v) is 8.19. The van der Waals surface area contributed by atoms with E-state index in [4.69, 9.17) is 0 Å². The van der Waals surface area contributed by atoms with Crippen LogP contribution in [0.25, 0.3) is 10.9 Å². The quantitative estimate of drug-likeness (QED) is 0.664. The molecule has 0 atom stereocenters. The molecular formula is C21H23N3O3S. The fourth-order valence-corrected chi connectivity index (χ4v) is 4.05. The smallest absolute Gasteiger partial charge is 0.240 e. The van der Waals surface area contributed by atoms with Gasteiger partial charge in [0.15, 0.2) is 0 Å². The molecule has 0 aliphatic carbocycles. The number of benzene rings is 2. The third-order valence-electron chi connectivity index (χ3n) is 4.55. The number of para-hydroxylation sites is 1. The van der Waals surface area contributed by atoms with Crippen LogP contribution >= 0.6 is 0 Å². The summed E-state index contributed by atoms with van der Waals surface area (Å²) < 4.78 is 27.6. The van der Waals surface area contributed by atoms with E-state index in [2.05, 4.69) is 9.71 Å². The SMILES string of the molecule is CCc1ccc(S(=O)(=O)NCCN(C(C)=O)c2cccc3cccnc23)cc1. The number of rotatable bonds is 7. The van der Waals surface area contributed by atoms with Gasteiger partial charge in [0.1, 0.15) is 0 Å². The average Bonchev–Trinajstić information content (AvgIpc) is 2.71. The molecule has 1 N–H and O–H groups in total. The second kappa shape index (κ2) is 8.50. The Bertz CT molecular complexity index is 1070. The zero-order valence-corrected chi connectivity index (χ0v) is 16.7. The Labute approximate surface area is 165 Å². The summed E-state index contributed by atoms with van der Waals surface area (Å²) in [5, 5.41) is 0.919. The van der Waals surface area contributed by atoms with Crippen molar-refractivity contribution in [3.05, 3.63) is 66.4 Å². The van der Waals surface area contributed by atoms with E-state index in [9.17, 15) is 13.2 Å². The lowest BCUT2D eigenvalue weighted by atomic mass is 10.1. The average molecular weight is 398 g/mol. The fourth-order valence-electron chi connectivity index (χ4n) is 3.03. The van der Waals surface area contributed by atoms with E-state index in [1.165, 1.54) is 11.8 Å². The molecule has 7 heteroatoms.